The summed E-state index contributed by atoms with van der Waals surface area (Å²) < 4.78 is 0. The average Bonchev–Trinajstić information content (AvgIpc) is 2.30. The van der Waals surface area contributed by atoms with Gasteiger partial charge >= 0.3 is 11.7 Å². The number of hydrogen-bond donors (Lipinski definition) is 2. The zero-order chi connectivity index (χ0) is 9.30. The van der Waals surface area contributed by atoms with Gasteiger partial charge in [0.05, 0.1) is 4.92 Å². The van der Waals surface area contributed by atoms with Crippen molar-refractivity contribution in [3.05, 3.63) is 21.1 Å². The third-order valence-electron chi connectivity index (χ3n) is 1.15. The summed E-state index contributed by atoms with van der Waals surface area (Å²) in [6.07, 6.45) is 0. The maximum atomic E-state index is 10.3. The molecule has 0 saturated carbocycles. The molecule has 64 valence electrons. The van der Waals surface area contributed by atoms with Crippen molar-refractivity contribution in [2.24, 2.45) is 0 Å². The van der Waals surface area contributed by atoms with E-state index in [1.165, 1.54) is 0 Å². The fourth-order valence-corrected chi connectivity index (χ4v) is 1.38. The molecule has 0 spiro atoms. The molecule has 0 radical (unpaired) electrons. The lowest BCUT2D eigenvalue weighted by Gasteiger charge is -1.83. The number of aromatic carboxylic acids is 1. The number of nitro groups is 1. The Morgan fingerprint density at radius 3 is 2.58 bits per heavy atom. The Labute approximate surface area is 70.4 Å². The normalized spacial score (nSPS) is 9.67. The minimum Gasteiger partial charge on any atom is -0.477 e. The number of carbonyl (C=O) groups is 1. The third kappa shape index (κ3) is 1.35. The zero-order valence-corrected chi connectivity index (χ0v) is 6.50. The minimum absolute atomic E-state index is 0.0857. The largest absolute Gasteiger partial charge is 0.477 e. The molecule has 7 heteroatoms. The van der Waals surface area contributed by atoms with Crippen molar-refractivity contribution in [1.29, 1.82) is 0 Å². The van der Waals surface area contributed by atoms with Crippen molar-refractivity contribution in [2.45, 2.75) is 0 Å². The molecular weight excluding hydrogens is 184 g/mol. The van der Waals surface area contributed by atoms with Crippen LogP contribution in [0.15, 0.2) is 6.07 Å². The van der Waals surface area contributed by atoms with Crippen LogP contribution in [0.1, 0.15) is 9.67 Å². The van der Waals surface area contributed by atoms with E-state index in [0.29, 0.717) is 11.3 Å². The van der Waals surface area contributed by atoms with Crippen LogP contribution in [0, 0.1) is 10.1 Å². The van der Waals surface area contributed by atoms with Crippen LogP contribution in [0.5, 0.6) is 0 Å². The number of rotatable bonds is 2. The van der Waals surface area contributed by atoms with Crippen LogP contribution in [0.4, 0.5) is 10.7 Å². The number of hydrogen-bond acceptors (Lipinski definition) is 5. The quantitative estimate of drug-likeness (QED) is 0.530. The van der Waals surface area contributed by atoms with Crippen molar-refractivity contribution in [3.63, 3.8) is 0 Å². The molecule has 0 amide bonds. The first kappa shape index (κ1) is 8.47. The molecule has 0 aliphatic heterocycles. The minimum atomic E-state index is -1.21. The molecule has 1 heterocycles. The number of nitrogens with zero attached hydrogens (tertiary/aromatic N) is 1. The fraction of sp³-hybridized carbons (Fsp3) is 0. The van der Waals surface area contributed by atoms with E-state index in [1.54, 1.807) is 0 Å². The molecule has 0 aliphatic rings. The second-order valence-corrected chi connectivity index (χ2v) is 3.01. The zero-order valence-electron chi connectivity index (χ0n) is 5.68. The molecule has 3 N–H and O–H groups in total. The van der Waals surface area contributed by atoms with Gasteiger partial charge in [-0.15, -0.1) is 11.3 Å². The number of nitrogens with two attached hydrogens (primary N) is 1. The fourth-order valence-electron chi connectivity index (χ4n) is 0.644. The molecule has 0 aromatic carbocycles. The van der Waals surface area contributed by atoms with Gasteiger partial charge in [0.2, 0.25) is 0 Å². The SMILES string of the molecule is Nc1sc(C(=O)O)cc1[N+](=O)[O-]. The highest BCUT2D eigenvalue weighted by atomic mass is 32.1. The first-order chi connectivity index (χ1) is 5.52. The first-order valence-electron chi connectivity index (χ1n) is 2.79. The summed E-state index contributed by atoms with van der Waals surface area (Å²) in [5.74, 6) is -1.21. The molecule has 0 atom stereocenters. The highest BCUT2D eigenvalue weighted by Gasteiger charge is 2.19. The van der Waals surface area contributed by atoms with Gasteiger partial charge < -0.3 is 10.8 Å². The Morgan fingerprint density at radius 1 is 1.75 bits per heavy atom. The standard InChI is InChI=1S/C5H4N2O4S/c6-4-2(7(10)11)1-3(12-4)5(8)9/h1H,6H2,(H,8,9). The van der Waals surface area contributed by atoms with Gasteiger partial charge in [0.15, 0.2) is 5.00 Å². The summed E-state index contributed by atoms with van der Waals surface area (Å²) >= 11 is 0.687. The number of nitrogen functional groups attached to an aromatic ring is 1. The van der Waals surface area contributed by atoms with E-state index in [4.69, 9.17) is 10.8 Å². The van der Waals surface area contributed by atoms with Gasteiger partial charge in [-0.1, -0.05) is 0 Å². The maximum absolute atomic E-state index is 10.3. The Morgan fingerprint density at radius 2 is 2.33 bits per heavy atom. The van der Waals surface area contributed by atoms with Crippen LogP contribution in [-0.2, 0) is 0 Å². The molecule has 0 aliphatic carbocycles. The summed E-state index contributed by atoms with van der Waals surface area (Å²) in [6.45, 7) is 0. The number of thiophene rings is 1. The lowest BCUT2D eigenvalue weighted by molar-refractivity contribution is -0.383. The van der Waals surface area contributed by atoms with Gasteiger partial charge in [-0.3, -0.25) is 10.1 Å². The van der Waals surface area contributed by atoms with Crippen molar-refractivity contribution in [1.82, 2.24) is 0 Å². The lowest BCUT2D eigenvalue weighted by atomic mass is 10.4. The van der Waals surface area contributed by atoms with Crippen molar-refractivity contribution < 1.29 is 14.8 Å². The van der Waals surface area contributed by atoms with E-state index in [9.17, 15) is 14.9 Å². The van der Waals surface area contributed by atoms with E-state index in [1.807, 2.05) is 0 Å². The molecule has 0 fully saturated rings. The molecule has 1 aromatic rings. The molecular formula is C5H4N2O4S. The molecule has 1 rings (SSSR count). The summed E-state index contributed by atoms with van der Waals surface area (Å²) in [5, 5.41) is 18.5. The van der Waals surface area contributed by atoms with Crippen LogP contribution < -0.4 is 5.73 Å². The Bertz CT molecular complexity index is 345. The summed E-state index contributed by atoms with van der Waals surface area (Å²) in [7, 11) is 0. The second-order valence-electron chi connectivity index (χ2n) is 1.92. The predicted molar refractivity (Wildman–Crippen MR) is 42.3 cm³/mol. The number of carboxylic acids is 1. The van der Waals surface area contributed by atoms with Crippen LogP contribution in [0.3, 0.4) is 0 Å². The van der Waals surface area contributed by atoms with Gasteiger partial charge in [-0.05, 0) is 0 Å². The van der Waals surface area contributed by atoms with E-state index in [0.717, 1.165) is 6.07 Å². The average molecular weight is 188 g/mol. The summed E-state index contributed by atoms with van der Waals surface area (Å²) in [4.78, 5) is 19.7. The highest BCUT2D eigenvalue weighted by molar-refractivity contribution is 7.18. The van der Waals surface area contributed by atoms with E-state index >= 15 is 0 Å². The van der Waals surface area contributed by atoms with Crippen LogP contribution in [-0.4, -0.2) is 16.0 Å². The van der Waals surface area contributed by atoms with Crippen LogP contribution >= 0.6 is 11.3 Å². The van der Waals surface area contributed by atoms with E-state index < -0.39 is 10.9 Å². The van der Waals surface area contributed by atoms with Gasteiger partial charge in [-0.2, -0.15) is 0 Å². The summed E-state index contributed by atoms with van der Waals surface area (Å²) in [6, 6.07) is 0.947. The Hall–Kier alpha value is -1.63. The molecule has 12 heavy (non-hydrogen) atoms. The molecule has 6 nitrogen and oxygen atoms in total. The predicted octanol–water partition coefficient (Wildman–Crippen LogP) is 0.937. The van der Waals surface area contributed by atoms with E-state index in [-0.39, 0.29) is 15.6 Å². The molecule has 0 saturated heterocycles. The Balaban J connectivity index is 3.17. The van der Waals surface area contributed by atoms with Gasteiger partial charge in [0.1, 0.15) is 4.88 Å². The molecule has 0 bridgehead atoms. The number of carboxylic acid groups (broad SMARTS) is 1. The van der Waals surface area contributed by atoms with Gasteiger partial charge in [0.25, 0.3) is 0 Å². The van der Waals surface area contributed by atoms with Crippen LogP contribution in [0.25, 0.3) is 0 Å². The smallest absolute Gasteiger partial charge is 0.346 e. The highest BCUT2D eigenvalue weighted by Crippen LogP contribution is 2.31. The second kappa shape index (κ2) is 2.78. The lowest BCUT2D eigenvalue weighted by Crippen LogP contribution is -1.91. The van der Waals surface area contributed by atoms with Crippen molar-refractivity contribution in [3.8, 4) is 0 Å². The topological polar surface area (TPSA) is 106 Å². The maximum Gasteiger partial charge on any atom is 0.346 e. The molecule has 1 aromatic heterocycles. The molecule has 0 unspecified atom stereocenters. The first-order valence-corrected chi connectivity index (χ1v) is 3.61. The van der Waals surface area contributed by atoms with Crippen LogP contribution in [0.2, 0.25) is 0 Å². The van der Waals surface area contributed by atoms with E-state index in [2.05, 4.69) is 0 Å². The monoisotopic (exact) mass is 188 g/mol. The third-order valence-corrected chi connectivity index (χ3v) is 2.09. The van der Waals surface area contributed by atoms with Crippen molar-refractivity contribution in [2.75, 3.05) is 5.73 Å². The number of anilines is 1. The summed E-state index contributed by atoms with van der Waals surface area (Å²) in [5.41, 5.74) is 4.84. The van der Waals surface area contributed by atoms with Gasteiger partial charge in [-0.25, -0.2) is 4.79 Å². The van der Waals surface area contributed by atoms with Crippen molar-refractivity contribution >= 4 is 28.0 Å². The van der Waals surface area contributed by atoms with Gasteiger partial charge in [0, 0.05) is 6.07 Å². The Kier molecular flexibility index (Phi) is 1.96.